The molecule has 1 amide bonds. The number of hydrogen-bond acceptors (Lipinski definition) is 4. The van der Waals surface area contributed by atoms with Gasteiger partial charge in [-0.25, -0.2) is 4.79 Å². The third kappa shape index (κ3) is 3.02. The van der Waals surface area contributed by atoms with Crippen molar-refractivity contribution in [1.29, 1.82) is 0 Å². The highest BCUT2D eigenvalue weighted by Crippen LogP contribution is 2.36. The molecule has 0 aromatic heterocycles. The molecule has 102 valence electrons. The van der Waals surface area contributed by atoms with Crippen LogP contribution in [0.3, 0.4) is 0 Å². The van der Waals surface area contributed by atoms with Crippen LogP contribution in [0.2, 0.25) is 0 Å². The molecule has 0 aromatic rings. The second-order valence-electron chi connectivity index (χ2n) is 5.38. The van der Waals surface area contributed by atoms with Gasteiger partial charge in [-0.1, -0.05) is 0 Å². The van der Waals surface area contributed by atoms with Crippen LogP contribution < -0.4 is 10.6 Å². The van der Waals surface area contributed by atoms with Gasteiger partial charge in [0.1, 0.15) is 11.4 Å². The van der Waals surface area contributed by atoms with E-state index in [1.54, 1.807) is 6.92 Å². The highest BCUT2D eigenvalue weighted by molar-refractivity contribution is 5.75. The van der Waals surface area contributed by atoms with E-state index in [0.29, 0.717) is 18.9 Å². The summed E-state index contributed by atoms with van der Waals surface area (Å²) >= 11 is 0. The lowest BCUT2D eigenvalue weighted by Crippen LogP contribution is -2.58. The van der Waals surface area contributed by atoms with E-state index in [2.05, 4.69) is 10.6 Å². The number of ketones is 1. The maximum atomic E-state index is 11.5. The van der Waals surface area contributed by atoms with Crippen molar-refractivity contribution in [3.05, 3.63) is 0 Å². The molecule has 2 aliphatic heterocycles. The molecule has 1 atom stereocenters. The minimum absolute atomic E-state index is 0.232. The predicted molar refractivity (Wildman–Crippen MR) is 67.3 cm³/mol. The van der Waals surface area contributed by atoms with Crippen molar-refractivity contribution in [2.45, 2.75) is 44.6 Å². The third-order valence-electron chi connectivity index (χ3n) is 4.06. The molecular weight excluding hydrogens is 232 g/mol. The fraction of sp³-hybridized carbons (Fsp3) is 0.846. The Bertz CT molecular complexity index is 324. The molecule has 0 radical (unpaired) electrons. The van der Waals surface area contributed by atoms with Gasteiger partial charge in [0.15, 0.2) is 0 Å². The number of ether oxygens (including phenoxy) is 1. The predicted octanol–water partition coefficient (Wildman–Crippen LogP) is 1.22. The summed E-state index contributed by atoms with van der Waals surface area (Å²) < 4.78 is 5.61. The molecule has 2 saturated heterocycles. The number of carbonyl (C=O) groups excluding carboxylic acids is 2. The van der Waals surface area contributed by atoms with Crippen LogP contribution in [-0.2, 0) is 9.53 Å². The van der Waals surface area contributed by atoms with E-state index in [0.717, 1.165) is 38.8 Å². The summed E-state index contributed by atoms with van der Waals surface area (Å²) in [6.07, 6.45) is 3.92. The summed E-state index contributed by atoms with van der Waals surface area (Å²) in [5.41, 5.74) is -0.301. The van der Waals surface area contributed by atoms with Crippen LogP contribution in [0.4, 0.5) is 4.79 Å². The fourth-order valence-corrected chi connectivity index (χ4v) is 3.02. The molecule has 0 bridgehead atoms. The van der Waals surface area contributed by atoms with Gasteiger partial charge in [0, 0.05) is 31.7 Å². The highest BCUT2D eigenvalue weighted by Gasteiger charge is 2.45. The maximum absolute atomic E-state index is 11.5. The molecular formula is C13H22N2O3. The first kappa shape index (κ1) is 13.3. The van der Waals surface area contributed by atoms with Crippen LogP contribution in [0.1, 0.15) is 39.0 Å². The van der Waals surface area contributed by atoms with Crippen molar-refractivity contribution in [1.82, 2.24) is 10.6 Å². The molecule has 2 heterocycles. The summed E-state index contributed by atoms with van der Waals surface area (Å²) in [5.74, 6) is 0.562. The zero-order valence-electron chi connectivity index (χ0n) is 11.0. The summed E-state index contributed by atoms with van der Waals surface area (Å²) in [4.78, 5) is 22.5. The average Bonchev–Trinajstić information content (AvgIpc) is 2.33. The molecule has 2 fully saturated rings. The third-order valence-corrected chi connectivity index (χ3v) is 4.06. The van der Waals surface area contributed by atoms with Gasteiger partial charge in [-0.3, -0.25) is 0 Å². The second kappa shape index (κ2) is 5.69. The summed E-state index contributed by atoms with van der Waals surface area (Å²) in [6, 6.07) is 0. The fourth-order valence-electron chi connectivity index (χ4n) is 3.02. The Labute approximate surface area is 108 Å². The van der Waals surface area contributed by atoms with Crippen LogP contribution >= 0.6 is 0 Å². The zero-order chi connectivity index (χ0) is 13.0. The Morgan fingerprint density at radius 1 is 1.44 bits per heavy atom. The van der Waals surface area contributed by atoms with Crippen LogP contribution in [0.5, 0.6) is 0 Å². The van der Waals surface area contributed by atoms with Gasteiger partial charge in [-0.15, -0.1) is 0 Å². The molecule has 1 unspecified atom stereocenters. The summed E-state index contributed by atoms with van der Waals surface area (Å²) in [6.45, 7) is 4.10. The second-order valence-corrected chi connectivity index (χ2v) is 5.38. The number of Topliss-reactive ketones (excluding diaryl/α,β-unsaturated/α-hetero) is 1. The first-order valence-electron chi connectivity index (χ1n) is 6.79. The summed E-state index contributed by atoms with van der Waals surface area (Å²) in [5, 5.41) is 6.08. The normalized spacial score (nSPS) is 26.5. The van der Waals surface area contributed by atoms with Gasteiger partial charge >= 0.3 is 6.09 Å². The van der Waals surface area contributed by atoms with E-state index in [9.17, 15) is 9.59 Å². The topological polar surface area (TPSA) is 67.4 Å². The number of piperidine rings is 1. The standard InChI is InChI=1S/C13H22N2O3/c1-10(16)3-2-4-11-9-15-12(17)18-13(11)5-7-14-8-6-13/h11,14H,2-9H2,1H3,(H,15,17). The highest BCUT2D eigenvalue weighted by atomic mass is 16.6. The molecule has 18 heavy (non-hydrogen) atoms. The number of carbonyl (C=O) groups is 2. The van der Waals surface area contributed by atoms with Gasteiger partial charge in [0.25, 0.3) is 0 Å². The monoisotopic (exact) mass is 254 g/mol. The molecule has 1 spiro atoms. The minimum Gasteiger partial charge on any atom is -0.442 e. The average molecular weight is 254 g/mol. The summed E-state index contributed by atoms with van der Waals surface area (Å²) in [7, 11) is 0. The smallest absolute Gasteiger partial charge is 0.407 e. The van der Waals surface area contributed by atoms with E-state index in [-0.39, 0.29) is 17.5 Å². The molecule has 2 aliphatic rings. The van der Waals surface area contributed by atoms with Crippen LogP contribution in [0.15, 0.2) is 0 Å². The molecule has 2 rings (SSSR count). The molecule has 5 nitrogen and oxygen atoms in total. The van der Waals surface area contributed by atoms with Gasteiger partial charge < -0.3 is 20.2 Å². The van der Waals surface area contributed by atoms with Crippen molar-refractivity contribution in [2.75, 3.05) is 19.6 Å². The van der Waals surface area contributed by atoms with E-state index in [1.807, 2.05) is 0 Å². The van der Waals surface area contributed by atoms with Crippen molar-refractivity contribution >= 4 is 11.9 Å². The Hall–Kier alpha value is -1.10. The van der Waals surface area contributed by atoms with Crippen molar-refractivity contribution < 1.29 is 14.3 Å². The van der Waals surface area contributed by atoms with E-state index in [4.69, 9.17) is 4.74 Å². The van der Waals surface area contributed by atoms with Gasteiger partial charge in [-0.05, 0) is 32.9 Å². The van der Waals surface area contributed by atoms with Crippen molar-refractivity contribution in [3.8, 4) is 0 Å². The zero-order valence-corrected chi connectivity index (χ0v) is 11.0. The first-order valence-corrected chi connectivity index (χ1v) is 6.79. The Balaban J connectivity index is 1.96. The van der Waals surface area contributed by atoms with Crippen molar-refractivity contribution in [3.63, 3.8) is 0 Å². The van der Waals surface area contributed by atoms with Crippen LogP contribution in [-0.4, -0.2) is 37.1 Å². The largest absolute Gasteiger partial charge is 0.442 e. The van der Waals surface area contributed by atoms with Crippen molar-refractivity contribution in [2.24, 2.45) is 5.92 Å². The van der Waals surface area contributed by atoms with Gasteiger partial charge in [0.2, 0.25) is 0 Å². The lowest BCUT2D eigenvalue weighted by Gasteiger charge is -2.46. The lowest BCUT2D eigenvalue weighted by molar-refractivity contribution is -0.117. The van der Waals surface area contributed by atoms with Crippen LogP contribution in [0, 0.1) is 5.92 Å². The molecule has 0 saturated carbocycles. The first-order chi connectivity index (χ1) is 8.62. The quantitative estimate of drug-likeness (QED) is 0.791. The Morgan fingerprint density at radius 2 is 2.17 bits per heavy atom. The molecule has 5 heteroatoms. The number of nitrogens with one attached hydrogen (secondary N) is 2. The number of amides is 1. The van der Waals surface area contributed by atoms with Gasteiger partial charge in [0.05, 0.1) is 0 Å². The number of alkyl carbamates (subject to hydrolysis) is 1. The van der Waals surface area contributed by atoms with E-state index in [1.165, 1.54) is 0 Å². The lowest BCUT2D eigenvalue weighted by atomic mass is 9.76. The molecule has 2 N–H and O–H groups in total. The van der Waals surface area contributed by atoms with E-state index >= 15 is 0 Å². The number of rotatable bonds is 4. The minimum atomic E-state index is -0.301. The maximum Gasteiger partial charge on any atom is 0.407 e. The SMILES string of the molecule is CC(=O)CCCC1CNC(=O)OC12CCNCC2. The molecule has 0 aromatic carbocycles. The van der Waals surface area contributed by atoms with Crippen LogP contribution in [0.25, 0.3) is 0 Å². The van der Waals surface area contributed by atoms with Gasteiger partial charge in [-0.2, -0.15) is 0 Å². The number of hydrogen-bond donors (Lipinski definition) is 2. The Morgan fingerprint density at radius 3 is 2.83 bits per heavy atom. The molecule has 0 aliphatic carbocycles. The van der Waals surface area contributed by atoms with E-state index < -0.39 is 0 Å². The Kier molecular flexibility index (Phi) is 4.22.